The standard InChI is InChI=1S/C26H21F4N3O2/c27-22-11-5-9-20(17-22)25(34)33(14-12-18-6-2-1-3-7-18)15-13-23-31-24(32-35-23)19-8-4-10-21(16-19)26(28,29)30/h1-11,16-17H,12-15H2. The molecule has 0 aliphatic heterocycles. The van der Waals surface area contributed by atoms with Crippen molar-refractivity contribution in [2.24, 2.45) is 0 Å². The minimum Gasteiger partial charge on any atom is -0.339 e. The molecule has 1 amide bonds. The average Bonchev–Trinajstić information content (AvgIpc) is 3.33. The van der Waals surface area contributed by atoms with Gasteiger partial charge in [0.1, 0.15) is 5.82 Å². The predicted octanol–water partition coefficient (Wildman–Crippen LogP) is 5.82. The summed E-state index contributed by atoms with van der Waals surface area (Å²) in [7, 11) is 0. The van der Waals surface area contributed by atoms with Gasteiger partial charge in [-0.25, -0.2) is 4.39 Å². The van der Waals surface area contributed by atoms with E-state index in [0.717, 1.165) is 17.7 Å². The molecule has 5 nitrogen and oxygen atoms in total. The SMILES string of the molecule is O=C(c1cccc(F)c1)N(CCc1ccccc1)CCc1nc(-c2cccc(C(F)(F)F)c2)no1. The van der Waals surface area contributed by atoms with Gasteiger partial charge in [0.25, 0.3) is 5.91 Å². The van der Waals surface area contributed by atoms with Crippen LogP contribution in [0.15, 0.2) is 83.4 Å². The van der Waals surface area contributed by atoms with E-state index in [2.05, 4.69) is 10.1 Å². The van der Waals surface area contributed by atoms with Crippen LogP contribution in [0.2, 0.25) is 0 Å². The minimum absolute atomic E-state index is 0.0263. The maximum Gasteiger partial charge on any atom is 0.416 e. The largest absolute Gasteiger partial charge is 0.416 e. The molecule has 0 radical (unpaired) electrons. The van der Waals surface area contributed by atoms with Crippen LogP contribution in [0.5, 0.6) is 0 Å². The molecule has 0 saturated heterocycles. The molecule has 0 saturated carbocycles. The van der Waals surface area contributed by atoms with Gasteiger partial charge in [-0.3, -0.25) is 4.79 Å². The average molecular weight is 483 g/mol. The first kappa shape index (κ1) is 24.1. The van der Waals surface area contributed by atoms with E-state index in [9.17, 15) is 22.4 Å². The monoisotopic (exact) mass is 483 g/mol. The number of hydrogen-bond acceptors (Lipinski definition) is 4. The number of aromatic nitrogens is 2. The van der Waals surface area contributed by atoms with Crippen molar-refractivity contribution in [1.29, 1.82) is 0 Å². The highest BCUT2D eigenvalue weighted by Crippen LogP contribution is 2.31. The minimum atomic E-state index is -4.49. The van der Waals surface area contributed by atoms with Gasteiger partial charge in [0.15, 0.2) is 0 Å². The fraction of sp³-hybridized carbons (Fsp3) is 0.192. The van der Waals surface area contributed by atoms with Gasteiger partial charge < -0.3 is 9.42 Å². The zero-order valence-corrected chi connectivity index (χ0v) is 18.5. The van der Waals surface area contributed by atoms with E-state index < -0.39 is 17.6 Å². The first-order chi connectivity index (χ1) is 16.8. The summed E-state index contributed by atoms with van der Waals surface area (Å²) in [5.41, 5.74) is 0.614. The molecular formula is C26H21F4N3O2. The van der Waals surface area contributed by atoms with Crippen molar-refractivity contribution in [3.05, 3.63) is 107 Å². The zero-order chi connectivity index (χ0) is 24.8. The molecule has 0 bridgehead atoms. The lowest BCUT2D eigenvalue weighted by Crippen LogP contribution is -2.35. The lowest BCUT2D eigenvalue weighted by molar-refractivity contribution is -0.137. The van der Waals surface area contributed by atoms with Crippen molar-refractivity contribution < 1.29 is 26.9 Å². The number of carbonyl (C=O) groups excluding carboxylic acids is 1. The lowest BCUT2D eigenvalue weighted by Gasteiger charge is -2.22. The van der Waals surface area contributed by atoms with Gasteiger partial charge in [-0.05, 0) is 42.3 Å². The number of halogens is 4. The molecule has 4 aromatic rings. The molecule has 0 fully saturated rings. The number of rotatable bonds is 8. The van der Waals surface area contributed by atoms with Gasteiger partial charge in [0, 0.05) is 30.6 Å². The molecule has 0 N–H and O–H groups in total. The Labute approximate surface area is 199 Å². The number of nitrogens with zero attached hydrogens (tertiary/aromatic N) is 3. The first-order valence-corrected chi connectivity index (χ1v) is 10.9. The molecule has 0 aliphatic rings. The summed E-state index contributed by atoms with van der Waals surface area (Å²) in [6.07, 6.45) is -3.72. The Bertz CT molecular complexity index is 1290. The molecule has 0 aliphatic carbocycles. The number of hydrogen-bond donors (Lipinski definition) is 0. The first-order valence-electron chi connectivity index (χ1n) is 10.9. The van der Waals surface area contributed by atoms with E-state index in [0.29, 0.717) is 13.0 Å². The van der Waals surface area contributed by atoms with Crippen molar-refractivity contribution in [3.63, 3.8) is 0 Å². The Morgan fingerprint density at radius 3 is 2.37 bits per heavy atom. The second-order valence-corrected chi connectivity index (χ2v) is 7.88. The molecule has 3 aromatic carbocycles. The summed E-state index contributed by atoms with van der Waals surface area (Å²) in [6.45, 7) is 0.570. The molecule has 0 spiro atoms. The van der Waals surface area contributed by atoms with E-state index in [1.165, 1.54) is 30.3 Å². The summed E-state index contributed by atoms with van der Waals surface area (Å²) < 4.78 is 57.9. The highest BCUT2D eigenvalue weighted by atomic mass is 19.4. The van der Waals surface area contributed by atoms with Crippen molar-refractivity contribution in [3.8, 4) is 11.4 Å². The quantitative estimate of drug-likeness (QED) is 0.296. The molecule has 35 heavy (non-hydrogen) atoms. The molecular weight excluding hydrogens is 462 g/mol. The summed E-state index contributed by atoms with van der Waals surface area (Å²) >= 11 is 0. The van der Waals surface area contributed by atoms with Crippen LogP contribution in [0.3, 0.4) is 0 Å². The molecule has 4 rings (SSSR count). The van der Waals surface area contributed by atoms with Crippen molar-refractivity contribution in [2.75, 3.05) is 13.1 Å². The molecule has 9 heteroatoms. The number of alkyl halides is 3. The molecule has 1 aromatic heterocycles. The van der Waals surface area contributed by atoms with Crippen LogP contribution < -0.4 is 0 Å². The van der Waals surface area contributed by atoms with E-state index in [1.54, 1.807) is 11.0 Å². The van der Waals surface area contributed by atoms with Gasteiger partial charge in [0.2, 0.25) is 11.7 Å². The fourth-order valence-corrected chi connectivity index (χ4v) is 3.57. The fourth-order valence-electron chi connectivity index (χ4n) is 3.57. The highest BCUT2D eigenvalue weighted by Gasteiger charge is 2.30. The van der Waals surface area contributed by atoms with Crippen LogP contribution in [-0.4, -0.2) is 34.0 Å². The van der Waals surface area contributed by atoms with Gasteiger partial charge in [-0.15, -0.1) is 0 Å². The molecule has 0 unspecified atom stereocenters. The lowest BCUT2D eigenvalue weighted by atomic mass is 10.1. The number of benzene rings is 3. The maximum atomic E-state index is 13.7. The molecule has 1 heterocycles. The number of carbonyl (C=O) groups is 1. The Morgan fingerprint density at radius 1 is 0.886 bits per heavy atom. The Kier molecular flexibility index (Phi) is 7.24. The summed E-state index contributed by atoms with van der Waals surface area (Å²) in [5.74, 6) is -0.660. The molecule has 180 valence electrons. The van der Waals surface area contributed by atoms with Gasteiger partial charge in [-0.2, -0.15) is 18.2 Å². The van der Waals surface area contributed by atoms with Crippen molar-refractivity contribution >= 4 is 5.91 Å². The van der Waals surface area contributed by atoms with Crippen LogP contribution in [0.25, 0.3) is 11.4 Å². The molecule has 0 atom stereocenters. The van der Waals surface area contributed by atoms with E-state index in [4.69, 9.17) is 4.52 Å². The normalized spacial score (nSPS) is 11.4. The van der Waals surface area contributed by atoms with Crippen LogP contribution >= 0.6 is 0 Å². The van der Waals surface area contributed by atoms with Crippen LogP contribution in [-0.2, 0) is 19.0 Å². The van der Waals surface area contributed by atoms with Crippen molar-refractivity contribution in [2.45, 2.75) is 19.0 Å². The zero-order valence-electron chi connectivity index (χ0n) is 18.5. The van der Waals surface area contributed by atoms with Crippen molar-refractivity contribution in [1.82, 2.24) is 15.0 Å². The highest BCUT2D eigenvalue weighted by molar-refractivity contribution is 5.94. The van der Waals surface area contributed by atoms with E-state index in [-0.39, 0.29) is 41.7 Å². The Morgan fingerprint density at radius 2 is 1.63 bits per heavy atom. The Balaban J connectivity index is 1.48. The van der Waals surface area contributed by atoms with Crippen LogP contribution in [0.4, 0.5) is 17.6 Å². The number of amides is 1. The van der Waals surface area contributed by atoms with E-state index >= 15 is 0 Å². The van der Waals surface area contributed by atoms with Gasteiger partial charge >= 0.3 is 6.18 Å². The third kappa shape index (κ3) is 6.32. The predicted molar refractivity (Wildman–Crippen MR) is 121 cm³/mol. The third-order valence-electron chi connectivity index (χ3n) is 5.38. The summed E-state index contributed by atoms with van der Waals surface area (Å²) in [4.78, 5) is 18.8. The second-order valence-electron chi connectivity index (χ2n) is 7.88. The second kappa shape index (κ2) is 10.5. The van der Waals surface area contributed by atoms with Crippen LogP contribution in [0.1, 0.15) is 27.4 Å². The smallest absolute Gasteiger partial charge is 0.339 e. The van der Waals surface area contributed by atoms with Crippen LogP contribution in [0, 0.1) is 5.82 Å². The maximum absolute atomic E-state index is 13.7. The summed E-state index contributed by atoms with van der Waals surface area (Å²) in [5, 5.41) is 3.79. The van der Waals surface area contributed by atoms with E-state index in [1.807, 2.05) is 30.3 Å². The third-order valence-corrected chi connectivity index (χ3v) is 5.38. The summed E-state index contributed by atoms with van der Waals surface area (Å²) in [6, 6.07) is 19.7. The Hall–Kier alpha value is -4.01. The topological polar surface area (TPSA) is 59.2 Å². The van der Waals surface area contributed by atoms with Gasteiger partial charge in [0.05, 0.1) is 5.56 Å². The van der Waals surface area contributed by atoms with Gasteiger partial charge in [-0.1, -0.05) is 53.7 Å².